The molecule has 1 aliphatic rings. The minimum Gasteiger partial charge on any atom is -0.486 e. The van der Waals surface area contributed by atoms with Crippen molar-refractivity contribution in [1.82, 2.24) is 5.43 Å². The second kappa shape index (κ2) is 5.71. The van der Waals surface area contributed by atoms with Crippen molar-refractivity contribution in [2.24, 2.45) is 5.84 Å². The fraction of sp³-hybridized carbons (Fsp3) is 0.250. The van der Waals surface area contributed by atoms with E-state index in [9.17, 15) is 4.39 Å². The van der Waals surface area contributed by atoms with E-state index in [1.807, 2.05) is 24.3 Å². The van der Waals surface area contributed by atoms with Gasteiger partial charge in [-0.05, 0) is 30.2 Å². The number of aryl methyl sites for hydroxylation is 1. The molecule has 1 atom stereocenters. The first-order valence-electron chi connectivity index (χ1n) is 6.81. The lowest BCUT2D eigenvalue weighted by atomic mass is 9.96. The first kappa shape index (κ1) is 13.9. The van der Waals surface area contributed by atoms with E-state index in [2.05, 4.69) is 5.43 Å². The number of rotatable bonds is 3. The van der Waals surface area contributed by atoms with Gasteiger partial charge in [0.05, 0.1) is 6.04 Å². The molecule has 2 aromatic rings. The van der Waals surface area contributed by atoms with Crippen molar-refractivity contribution < 1.29 is 13.9 Å². The van der Waals surface area contributed by atoms with Crippen LogP contribution in [0, 0.1) is 12.7 Å². The molecular formula is C16H17FN2O2. The van der Waals surface area contributed by atoms with Gasteiger partial charge in [-0.2, -0.15) is 0 Å². The standard InChI is InChI=1S/C16H17FN2O2/c1-10-3-2-4-12(15(10)17)16(19-18)11-5-6-13-14(9-11)21-8-7-20-13/h2-6,9,16,19H,7-8,18H2,1H3. The number of hydrogen-bond acceptors (Lipinski definition) is 4. The highest BCUT2D eigenvalue weighted by Crippen LogP contribution is 2.34. The molecule has 1 heterocycles. The molecule has 0 saturated carbocycles. The topological polar surface area (TPSA) is 56.5 Å². The van der Waals surface area contributed by atoms with E-state index in [0.29, 0.717) is 35.8 Å². The van der Waals surface area contributed by atoms with E-state index in [1.165, 1.54) is 0 Å². The number of hydrogen-bond donors (Lipinski definition) is 2. The summed E-state index contributed by atoms with van der Waals surface area (Å²) in [5, 5.41) is 0. The Hall–Kier alpha value is -2.11. The predicted octanol–water partition coefficient (Wildman–Crippen LogP) is 2.46. The zero-order valence-electron chi connectivity index (χ0n) is 11.7. The minimum atomic E-state index is -0.444. The van der Waals surface area contributed by atoms with Gasteiger partial charge < -0.3 is 9.47 Å². The molecule has 2 aromatic carbocycles. The van der Waals surface area contributed by atoms with Gasteiger partial charge in [0.1, 0.15) is 19.0 Å². The van der Waals surface area contributed by atoms with Crippen LogP contribution in [0.1, 0.15) is 22.7 Å². The third-order valence-electron chi connectivity index (χ3n) is 3.60. The highest BCUT2D eigenvalue weighted by atomic mass is 19.1. The molecular weight excluding hydrogens is 271 g/mol. The van der Waals surface area contributed by atoms with Crippen LogP contribution >= 0.6 is 0 Å². The maximum Gasteiger partial charge on any atom is 0.161 e. The molecule has 3 rings (SSSR count). The number of nitrogens with two attached hydrogens (primary N) is 1. The van der Waals surface area contributed by atoms with E-state index < -0.39 is 6.04 Å². The number of hydrazine groups is 1. The zero-order valence-corrected chi connectivity index (χ0v) is 11.7. The molecule has 4 nitrogen and oxygen atoms in total. The van der Waals surface area contributed by atoms with Crippen LogP contribution < -0.4 is 20.7 Å². The summed E-state index contributed by atoms with van der Waals surface area (Å²) in [7, 11) is 0. The smallest absolute Gasteiger partial charge is 0.161 e. The van der Waals surface area contributed by atoms with Gasteiger partial charge >= 0.3 is 0 Å². The summed E-state index contributed by atoms with van der Waals surface area (Å²) >= 11 is 0. The molecule has 0 radical (unpaired) electrons. The van der Waals surface area contributed by atoms with Crippen molar-refractivity contribution in [1.29, 1.82) is 0 Å². The van der Waals surface area contributed by atoms with E-state index in [0.717, 1.165) is 5.56 Å². The molecule has 0 saturated heterocycles. The number of ether oxygens (including phenoxy) is 2. The molecule has 5 heteroatoms. The average molecular weight is 288 g/mol. The van der Waals surface area contributed by atoms with Crippen LogP contribution in [0.15, 0.2) is 36.4 Å². The summed E-state index contributed by atoms with van der Waals surface area (Å²) < 4.78 is 25.4. The third kappa shape index (κ3) is 2.57. The Bertz CT molecular complexity index is 661. The lowest BCUT2D eigenvalue weighted by molar-refractivity contribution is 0.171. The zero-order chi connectivity index (χ0) is 14.8. The van der Waals surface area contributed by atoms with Crippen LogP contribution in [0.2, 0.25) is 0 Å². The Morgan fingerprint density at radius 1 is 1.14 bits per heavy atom. The number of fused-ring (bicyclic) bond motifs is 1. The Labute approximate surface area is 122 Å². The fourth-order valence-corrected chi connectivity index (χ4v) is 2.50. The first-order valence-corrected chi connectivity index (χ1v) is 6.81. The van der Waals surface area contributed by atoms with Gasteiger partial charge in [0.15, 0.2) is 11.5 Å². The summed E-state index contributed by atoms with van der Waals surface area (Å²) in [6.07, 6.45) is 0. The maximum atomic E-state index is 14.3. The van der Waals surface area contributed by atoms with Crippen LogP contribution in [0.4, 0.5) is 4.39 Å². The van der Waals surface area contributed by atoms with Crippen molar-refractivity contribution in [2.45, 2.75) is 13.0 Å². The van der Waals surface area contributed by atoms with E-state index in [4.69, 9.17) is 15.3 Å². The van der Waals surface area contributed by atoms with Crippen molar-refractivity contribution in [3.8, 4) is 11.5 Å². The maximum absolute atomic E-state index is 14.3. The Morgan fingerprint density at radius 3 is 2.67 bits per heavy atom. The highest BCUT2D eigenvalue weighted by Gasteiger charge is 2.20. The predicted molar refractivity (Wildman–Crippen MR) is 77.7 cm³/mol. The van der Waals surface area contributed by atoms with Crippen LogP contribution in [0.3, 0.4) is 0 Å². The van der Waals surface area contributed by atoms with Gasteiger partial charge in [0.2, 0.25) is 0 Å². The number of nitrogens with one attached hydrogen (secondary N) is 1. The number of halogens is 1. The largest absolute Gasteiger partial charge is 0.486 e. The molecule has 3 N–H and O–H groups in total. The van der Waals surface area contributed by atoms with Crippen LogP contribution in [0.25, 0.3) is 0 Å². The molecule has 0 bridgehead atoms. The summed E-state index contributed by atoms with van der Waals surface area (Å²) in [5.41, 5.74) is 4.60. The van der Waals surface area contributed by atoms with Gasteiger partial charge in [0.25, 0.3) is 0 Å². The van der Waals surface area contributed by atoms with Gasteiger partial charge in [-0.1, -0.05) is 24.3 Å². The molecule has 0 spiro atoms. The second-order valence-electron chi connectivity index (χ2n) is 4.98. The third-order valence-corrected chi connectivity index (χ3v) is 3.60. The number of benzene rings is 2. The average Bonchev–Trinajstić information content (AvgIpc) is 2.52. The normalized spacial score (nSPS) is 14.8. The van der Waals surface area contributed by atoms with E-state index in [1.54, 1.807) is 19.1 Å². The molecule has 21 heavy (non-hydrogen) atoms. The molecule has 0 aliphatic carbocycles. The molecule has 0 amide bonds. The fourth-order valence-electron chi connectivity index (χ4n) is 2.50. The summed E-state index contributed by atoms with van der Waals surface area (Å²) in [4.78, 5) is 0. The minimum absolute atomic E-state index is 0.254. The molecule has 0 fully saturated rings. The van der Waals surface area contributed by atoms with Gasteiger partial charge in [-0.25, -0.2) is 9.82 Å². The quantitative estimate of drug-likeness (QED) is 0.673. The monoisotopic (exact) mass is 288 g/mol. The lowest BCUT2D eigenvalue weighted by Gasteiger charge is -2.22. The Morgan fingerprint density at radius 2 is 1.90 bits per heavy atom. The van der Waals surface area contributed by atoms with Crippen LogP contribution in [-0.2, 0) is 0 Å². The molecule has 1 aliphatic heterocycles. The van der Waals surface area contributed by atoms with E-state index in [-0.39, 0.29) is 5.82 Å². The van der Waals surface area contributed by atoms with Crippen LogP contribution in [0.5, 0.6) is 11.5 Å². The molecule has 110 valence electrons. The van der Waals surface area contributed by atoms with Crippen molar-refractivity contribution in [3.63, 3.8) is 0 Å². The summed E-state index contributed by atoms with van der Waals surface area (Å²) in [6.45, 7) is 2.78. The van der Waals surface area contributed by atoms with Crippen molar-refractivity contribution >= 4 is 0 Å². The summed E-state index contributed by atoms with van der Waals surface area (Å²) in [5.74, 6) is 6.75. The van der Waals surface area contributed by atoms with Gasteiger partial charge in [-0.3, -0.25) is 5.84 Å². The Kier molecular flexibility index (Phi) is 3.77. The van der Waals surface area contributed by atoms with Gasteiger partial charge in [-0.15, -0.1) is 0 Å². The van der Waals surface area contributed by atoms with Crippen LogP contribution in [-0.4, -0.2) is 13.2 Å². The van der Waals surface area contributed by atoms with Gasteiger partial charge in [0, 0.05) is 5.56 Å². The van der Waals surface area contributed by atoms with E-state index >= 15 is 0 Å². The lowest BCUT2D eigenvalue weighted by Crippen LogP contribution is -2.30. The summed E-state index contributed by atoms with van der Waals surface area (Å²) in [6, 6.07) is 10.3. The SMILES string of the molecule is Cc1cccc(C(NN)c2ccc3c(c2)OCCO3)c1F. The molecule has 0 aromatic heterocycles. The second-order valence-corrected chi connectivity index (χ2v) is 4.98. The Balaban J connectivity index is 2.02. The van der Waals surface area contributed by atoms with Crippen molar-refractivity contribution in [3.05, 3.63) is 58.9 Å². The highest BCUT2D eigenvalue weighted by molar-refractivity contribution is 5.47. The first-order chi connectivity index (χ1) is 10.2. The molecule has 1 unspecified atom stereocenters. The van der Waals surface area contributed by atoms with Crippen molar-refractivity contribution in [2.75, 3.05) is 13.2 Å².